The lowest BCUT2D eigenvalue weighted by atomic mass is 10.2. The van der Waals surface area contributed by atoms with Gasteiger partial charge in [0.1, 0.15) is 0 Å². The number of carbonyl (C=O) groups is 1. The Bertz CT molecular complexity index is 663. The molecule has 1 fully saturated rings. The Labute approximate surface area is 140 Å². The van der Waals surface area contributed by atoms with Crippen LogP contribution in [0.1, 0.15) is 24.1 Å². The Hall–Kier alpha value is -1.92. The van der Waals surface area contributed by atoms with Crippen molar-refractivity contribution >= 4 is 28.1 Å². The highest BCUT2D eigenvalue weighted by atomic mass is 32.1. The van der Waals surface area contributed by atoms with Gasteiger partial charge in [-0.1, -0.05) is 17.7 Å². The summed E-state index contributed by atoms with van der Waals surface area (Å²) in [4.78, 5) is 18.4. The van der Waals surface area contributed by atoms with Crippen LogP contribution in [0.25, 0.3) is 0 Å². The molecule has 1 aromatic heterocycles. The van der Waals surface area contributed by atoms with Gasteiger partial charge in [0, 0.05) is 23.7 Å². The molecule has 0 saturated heterocycles. The number of hydrogen-bond donors (Lipinski definition) is 2. The van der Waals surface area contributed by atoms with E-state index in [2.05, 4.69) is 34.7 Å². The molecule has 0 aliphatic heterocycles. The van der Waals surface area contributed by atoms with Gasteiger partial charge < -0.3 is 10.6 Å². The number of aryl methyl sites for hydroxylation is 1. The number of aromatic nitrogens is 1. The fourth-order valence-electron chi connectivity index (χ4n) is 2.28. The first-order chi connectivity index (χ1) is 11.1. The maximum atomic E-state index is 11.8. The zero-order valence-corrected chi connectivity index (χ0v) is 14.3. The molecule has 6 heteroatoms. The van der Waals surface area contributed by atoms with E-state index in [1.807, 2.05) is 29.5 Å². The molecule has 2 N–H and O–H groups in total. The first-order valence-corrected chi connectivity index (χ1v) is 8.72. The number of amides is 1. The summed E-state index contributed by atoms with van der Waals surface area (Å²) in [5.74, 6) is 0.100. The molecule has 2 aromatic rings. The molecule has 0 atom stereocenters. The van der Waals surface area contributed by atoms with E-state index in [9.17, 15) is 4.79 Å². The van der Waals surface area contributed by atoms with Crippen LogP contribution in [0.15, 0.2) is 29.6 Å². The molecule has 1 aliphatic carbocycles. The van der Waals surface area contributed by atoms with Crippen LogP contribution in [-0.4, -0.2) is 35.4 Å². The molecule has 122 valence electrons. The summed E-state index contributed by atoms with van der Waals surface area (Å²) in [6.45, 7) is 3.15. The molecule has 1 aliphatic rings. The Morgan fingerprint density at radius 3 is 2.78 bits per heavy atom. The van der Waals surface area contributed by atoms with Crippen molar-refractivity contribution in [3.05, 3.63) is 40.9 Å². The average molecular weight is 330 g/mol. The number of nitrogens with one attached hydrogen (secondary N) is 2. The second-order valence-electron chi connectivity index (χ2n) is 6.15. The molecule has 0 bridgehead atoms. The van der Waals surface area contributed by atoms with Crippen LogP contribution in [0, 0.1) is 6.92 Å². The highest BCUT2D eigenvalue weighted by Gasteiger charge is 2.23. The van der Waals surface area contributed by atoms with Crippen LogP contribution in [0.2, 0.25) is 0 Å². The Balaban J connectivity index is 1.49. The lowest BCUT2D eigenvalue weighted by Crippen LogP contribution is -2.35. The van der Waals surface area contributed by atoms with Gasteiger partial charge in [-0.05, 0) is 38.9 Å². The van der Waals surface area contributed by atoms with Crippen molar-refractivity contribution in [3.63, 3.8) is 0 Å². The van der Waals surface area contributed by atoms with Crippen LogP contribution >= 0.6 is 11.3 Å². The van der Waals surface area contributed by atoms with Gasteiger partial charge >= 0.3 is 0 Å². The zero-order valence-electron chi connectivity index (χ0n) is 13.5. The summed E-state index contributed by atoms with van der Waals surface area (Å²) in [5.41, 5.74) is 3.25. The Morgan fingerprint density at radius 2 is 2.09 bits per heavy atom. The van der Waals surface area contributed by atoms with Crippen LogP contribution < -0.4 is 10.6 Å². The predicted octanol–water partition coefficient (Wildman–Crippen LogP) is 2.91. The minimum absolute atomic E-state index is 0.100. The van der Waals surface area contributed by atoms with Crippen molar-refractivity contribution < 1.29 is 4.79 Å². The van der Waals surface area contributed by atoms with E-state index in [-0.39, 0.29) is 5.91 Å². The average Bonchev–Trinajstić information content (AvgIpc) is 3.20. The SMILES string of the molecule is Cc1ccc(Nc2nc(CN(C)CC(=O)NC3CC3)cs2)cc1. The van der Waals surface area contributed by atoms with Gasteiger partial charge in [0.15, 0.2) is 5.13 Å². The van der Waals surface area contributed by atoms with Crippen molar-refractivity contribution in [1.82, 2.24) is 15.2 Å². The number of rotatable bonds is 7. The third-order valence-corrected chi connectivity index (χ3v) is 4.45. The van der Waals surface area contributed by atoms with Crippen molar-refractivity contribution in [3.8, 4) is 0 Å². The Kier molecular flexibility index (Phi) is 4.93. The van der Waals surface area contributed by atoms with E-state index < -0.39 is 0 Å². The molecule has 5 nitrogen and oxygen atoms in total. The minimum atomic E-state index is 0.100. The first-order valence-electron chi connectivity index (χ1n) is 7.84. The van der Waals surface area contributed by atoms with Gasteiger partial charge in [-0.25, -0.2) is 4.98 Å². The van der Waals surface area contributed by atoms with E-state index in [1.54, 1.807) is 11.3 Å². The second-order valence-corrected chi connectivity index (χ2v) is 7.01. The molecule has 3 rings (SSSR count). The molecule has 1 amide bonds. The number of thiazole rings is 1. The summed E-state index contributed by atoms with van der Waals surface area (Å²) in [6, 6.07) is 8.65. The normalized spacial score (nSPS) is 14.0. The predicted molar refractivity (Wildman–Crippen MR) is 94.1 cm³/mol. The van der Waals surface area contributed by atoms with E-state index >= 15 is 0 Å². The highest BCUT2D eigenvalue weighted by molar-refractivity contribution is 7.13. The van der Waals surface area contributed by atoms with Gasteiger partial charge in [-0.15, -0.1) is 11.3 Å². The molecule has 0 unspecified atom stereocenters. The maximum absolute atomic E-state index is 11.8. The fraction of sp³-hybridized carbons (Fsp3) is 0.412. The monoisotopic (exact) mass is 330 g/mol. The van der Waals surface area contributed by atoms with Gasteiger partial charge in [0.2, 0.25) is 5.91 Å². The third-order valence-electron chi connectivity index (χ3n) is 3.64. The first kappa shape index (κ1) is 16.0. The van der Waals surface area contributed by atoms with Gasteiger partial charge in [0.25, 0.3) is 0 Å². The van der Waals surface area contributed by atoms with Gasteiger partial charge in [0.05, 0.1) is 12.2 Å². The zero-order chi connectivity index (χ0) is 16.2. The van der Waals surface area contributed by atoms with E-state index in [0.717, 1.165) is 29.4 Å². The number of benzene rings is 1. The lowest BCUT2D eigenvalue weighted by Gasteiger charge is -2.14. The molecule has 1 heterocycles. The summed E-state index contributed by atoms with van der Waals surface area (Å²) >= 11 is 1.58. The lowest BCUT2D eigenvalue weighted by molar-refractivity contribution is -0.122. The standard InChI is InChI=1S/C17H22N4OS/c1-12-3-5-14(6-4-12)19-17-20-15(11-23-17)9-21(2)10-16(22)18-13-7-8-13/h3-6,11,13H,7-10H2,1-2H3,(H,18,22)(H,19,20). The second kappa shape index (κ2) is 7.10. The van der Waals surface area contributed by atoms with Crippen molar-refractivity contribution in [2.75, 3.05) is 18.9 Å². The Morgan fingerprint density at radius 1 is 1.35 bits per heavy atom. The molecule has 1 saturated carbocycles. The number of carbonyl (C=O) groups excluding carboxylic acids is 1. The van der Waals surface area contributed by atoms with Crippen molar-refractivity contribution in [2.24, 2.45) is 0 Å². The van der Waals surface area contributed by atoms with E-state index in [4.69, 9.17) is 0 Å². The largest absolute Gasteiger partial charge is 0.352 e. The molecule has 0 spiro atoms. The summed E-state index contributed by atoms with van der Waals surface area (Å²) in [7, 11) is 1.94. The third kappa shape index (κ3) is 5.04. The highest BCUT2D eigenvalue weighted by Crippen LogP contribution is 2.22. The number of anilines is 2. The van der Waals surface area contributed by atoms with Crippen molar-refractivity contribution in [1.29, 1.82) is 0 Å². The molecule has 23 heavy (non-hydrogen) atoms. The van der Waals surface area contributed by atoms with Crippen LogP contribution in [0.4, 0.5) is 10.8 Å². The number of hydrogen-bond acceptors (Lipinski definition) is 5. The fourth-order valence-corrected chi connectivity index (χ4v) is 3.00. The molecular weight excluding hydrogens is 308 g/mol. The maximum Gasteiger partial charge on any atom is 0.234 e. The summed E-state index contributed by atoms with van der Waals surface area (Å²) in [6.07, 6.45) is 2.24. The number of likely N-dealkylation sites (N-methyl/N-ethyl adjacent to an activating group) is 1. The number of nitrogens with zero attached hydrogens (tertiary/aromatic N) is 2. The molecule has 0 radical (unpaired) electrons. The molecule has 1 aromatic carbocycles. The minimum Gasteiger partial charge on any atom is -0.352 e. The van der Waals surface area contributed by atoms with Gasteiger partial charge in [-0.2, -0.15) is 0 Å². The van der Waals surface area contributed by atoms with Crippen LogP contribution in [0.5, 0.6) is 0 Å². The van der Waals surface area contributed by atoms with E-state index in [0.29, 0.717) is 19.1 Å². The van der Waals surface area contributed by atoms with E-state index in [1.165, 1.54) is 5.56 Å². The van der Waals surface area contributed by atoms with Crippen molar-refractivity contribution in [2.45, 2.75) is 32.4 Å². The smallest absolute Gasteiger partial charge is 0.234 e. The summed E-state index contributed by atoms with van der Waals surface area (Å²) in [5, 5.41) is 9.22. The van der Waals surface area contributed by atoms with Crippen LogP contribution in [-0.2, 0) is 11.3 Å². The quantitative estimate of drug-likeness (QED) is 0.819. The van der Waals surface area contributed by atoms with Gasteiger partial charge in [-0.3, -0.25) is 9.69 Å². The van der Waals surface area contributed by atoms with Crippen LogP contribution in [0.3, 0.4) is 0 Å². The topological polar surface area (TPSA) is 57.3 Å². The summed E-state index contributed by atoms with van der Waals surface area (Å²) < 4.78 is 0. The molecular formula is C17H22N4OS.